The number of anilines is 1. The molecule has 9 nitrogen and oxygen atoms in total. The fourth-order valence-corrected chi connectivity index (χ4v) is 6.13. The number of fused-ring (bicyclic) bond motifs is 4. The number of halogens is 1. The van der Waals surface area contributed by atoms with Crippen LogP contribution in [0.1, 0.15) is 10.4 Å². The van der Waals surface area contributed by atoms with Gasteiger partial charge >= 0.3 is 0 Å². The molecule has 3 aromatic carbocycles. The summed E-state index contributed by atoms with van der Waals surface area (Å²) in [6.45, 7) is 5.66. The van der Waals surface area contributed by atoms with Gasteiger partial charge < -0.3 is 29.6 Å². The van der Waals surface area contributed by atoms with Crippen LogP contribution in [-0.2, 0) is 4.74 Å². The maximum Gasteiger partial charge on any atom is 0.259 e. The third-order valence-electron chi connectivity index (χ3n) is 8.15. The second kappa shape index (κ2) is 9.88. The van der Waals surface area contributed by atoms with Gasteiger partial charge in [0.15, 0.2) is 17.3 Å². The highest BCUT2D eigenvalue weighted by Crippen LogP contribution is 2.48. The first-order chi connectivity index (χ1) is 19.5. The van der Waals surface area contributed by atoms with Crippen LogP contribution in [0, 0.1) is 5.82 Å². The number of hydrogen-bond donors (Lipinski definition) is 1. The molecule has 3 aliphatic heterocycles. The second-order valence-corrected chi connectivity index (χ2v) is 10.4. The molecular formula is C30H30FN5O4. The summed E-state index contributed by atoms with van der Waals surface area (Å²) in [6.07, 6.45) is 1.61. The van der Waals surface area contributed by atoms with Crippen molar-refractivity contribution in [1.29, 1.82) is 0 Å². The minimum atomic E-state index is -0.543. The number of nitrogens with two attached hydrogens (primary N) is 1. The Morgan fingerprint density at radius 1 is 0.950 bits per heavy atom. The van der Waals surface area contributed by atoms with Crippen molar-refractivity contribution >= 4 is 33.3 Å². The number of amides is 1. The van der Waals surface area contributed by atoms with E-state index in [4.69, 9.17) is 15.2 Å². The van der Waals surface area contributed by atoms with Gasteiger partial charge in [-0.2, -0.15) is 0 Å². The Bertz CT molecular complexity index is 1710. The van der Waals surface area contributed by atoms with Gasteiger partial charge in [-0.25, -0.2) is 4.39 Å². The van der Waals surface area contributed by atoms with Crippen LogP contribution in [0.4, 0.5) is 10.1 Å². The summed E-state index contributed by atoms with van der Waals surface area (Å²) >= 11 is 0. The lowest BCUT2D eigenvalue weighted by atomic mass is 10.0. The van der Waals surface area contributed by atoms with Gasteiger partial charge in [0.25, 0.3) is 5.91 Å². The van der Waals surface area contributed by atoms with Gasteiger partial charge in [-0.15, -0.1) is 0 Å². The van der Waals surface area contributed by atoms with Crippen LogP contribution in [0.3, 0.4) is 0 Å². The monoisotopic (exact) mass is 543 g/mol. The molecule has 0 saturated carbocycles. The third kappa shape index (κ3) is 3.94. The maximum absolute atomic E-state index is 16.0. The molecule has 10 heteroatoms. The fraction of sp³-hybridized carbons (Fsp3) is 0.333. The molecular weight excluding hydrogens is 513 g/mol. The molecule has 0 bridgehead atoms. The number of carbonyl (C=O) groups is 1. The third-order valence-corrected chi connectivity index (χ3v) is 8.15. The number of morpholine rings is 1. The van der Waals surface area contributed by atoms with Gasteiger partial charge in [-0.3, -0.25) is 14.5 Å². The lowest BCUT2D eigenvalue weighted by molar-refractivity contribution is 0.0302. The molecule has 0 atom stereocenters. The molecule has 2 saturated heterocycles. The minimum Gasteiger partial charge on any atom is -0.451 e. The Kier molecular flexibility index (Phi) is 6.18. The number of ether oxygens (including phenoxy) is 2. The molecule has 1 amide bonds. The molecule has 4 aromatic rings. The van der Waals surface area contributed by atoms with E-state index in [0.29, 0.717) is 68.6 Å². The van der Waals surface area contributed by atoms with Crippen molar-refractivity contribution in [2.75, 3.05) is 70.5 Å². The maximum atomic E-state index is 16.0. The van der Waals surface area contributed by atoms with E-state index < -0.39 is 11.2 Å². The average Bonchev–Trinajstić information content (AvgIpc) is 2.99. The molecule has 40 heavy (non-hydrogen) atoms. The summed E-state index contributed by atoms with van der Waals surface area (Å²) in [5.41, 5.74) is 6.76. The Labute approximate surface area is 230 Å². The normalized spacial score (nSPS) is 17.2. The number of carbonyl (C=O) groups excluding carboxylic acids is 1. The lowest BCUT2D eigenvalue weighted by Crippen LogP contribution is -2.48. The van der Waals surface area contributed by atoms with Gasteiger partial charge in [0.1, 0.15) is 16.8 Å². The molecule has 2 fully saturated rings. The van der Waals surface area contributed by atoms with Gasteiger partial charge in [-0.1, -0.05) is 30.3 Å². The lowest BCUT2D eigenvalue weighted by Gasteiger charge is -2.37. The van der Waals surface area contributed by atoms with Crippen LogP contribution < -0.4 is 20.8 Å². The molecule has 206 valence electrons. The van der Waals surface area contributed by atoms with Gasteiger partial charge in [0.2, 0.25) is 5.43 Å². The van der Waals surface area contributed by atoms with Crippen molar-refractivity contribution in [3.05, 3.63) is 70.3 Å². The predicted molar refractivity (Wildman–Crippen MR) is 152 cm³/mol. The predicted octanol–water partition coefficient (Wildman–Crippen LogP) is 2.94. The Balaban J connectivity index is 1.47. The molecule has 0 spiro atoms. The zero-order valence-corrected chi connectivity index (χ0v) is 22.1. The quantitative estimate of drug-likeness (QED) is 0.373. The van der Waals surface area contributed by atoms with Crippen LogP contribution in [0.5, 0.6) is 11.5 Å². The molecule has 7 rings (SSSR count). The van der Waals surface area contributed by atoms with Gasteiger partial charge in [-0.05, 0) is 17.5 Å². The fourth-order valence-electron chi connectivity index (χ4n) is 6.13. The van der Waals surface area contributed by atoms with E-state index in [1.165, 1.54) is 6.07 Å². The van der Waals surface area contributed by atoms with E-state index in [-0.39, 0.29) is 16.9 Å². The molecule has 2 N–H and O–H groups in total. The molecule has 0 unspecified atom stereocenters. The highest BCUT2D eigenvalue weighted by atomic mass is 19.1. The number of rotatable bonds is 4. The Morgan fingerprint density at radius 3 is 2.50 bits per heavy atom. The van der Waals surface area contributed by atoms with Crippen LogP contribution in [0.25, 0.3) is 27.4 Å². The molecule has 0 radical (unpaired) electrons. The largest absolute Gasteiger partial charge is 0.451 e. The van der Waals surface area contributed by atoms with E-state index in [1.54, 1.807) is 11.1 Å². The average molecular weight is 544 g/mol. The zero-order valence-electron chi connectivity index (χ0n) is 22.1. The first-order valence-corrected chi connectivity index (χ1v) is 13.7. The summed E-state index contributed by atoms with van der Waals surface area (Å²) in [6, 6.07) is 13.0. The van der Waals surface area contributed by atoms with Gasteiger partial charge in [0.05, 0.1) is 24.3 Å². The van der Waals surface area contributed by atoms with E-state index in [1.807, 2.05) is 45.9 Å². The second-order valence-electron chi connectivity index (χ2n) is 10.4. The molecule has 4 heterocycles. The molecule has 3 aliphatic rings. The zero-order chi connectivity index (χ0) is 27.4. The Hall–Kier alpha value is -3.99. The number of nitrogens with zero attached hydrogens (tertiary/aromatic N) is 4. The molecule has 1 aromatic heterocycles. The van der Waals surface area contributed by atoms with Crippen molar-refractivity contribution in [3.63, 3.8) is 0 Å². The number of pyridine rings is 1. The SMILES string of the molecule is NCCN1CCN(c2c(F)cc3c(=O)c(C(=O)N4CCOCC4)cn4c3c2Oc2ccc3ccccc3c2-4)CC1. The van der Waals surface area contributed by atoms with Crippen LogP contribution in [0.15, 0.2) is 53.5 Å². The Morgan fingerprint density at radius 2 is 1.73 bits per heavy atom. The van der Waals surface area contributed by atoms with E-state index >= 15 is 4.39 Å². The summed E-state index contributed by atoms with van der Waals surface area (Å²) < 4.78 is 29.8. The van der Waals surface area contributed by atoms with Crippen molar-refractivity contribution in [3.8, 4) is 17.2 Å². The van der Waals surface area contributed by atoms with E-state index in [9.17, 15) is 9.59 Å². The number of benzene rings is 3. The summed E-state index contributed by atoms with van der Waals surface area (Å²) in [7, 11) is 0. The van der Waals surface area contributed by atoms with Crippen LogP contribution >= 0.6 is 0 Å². The summed E-state index contributed by atoms with van der Waals surface area (Å²) in [5.74, 6) is -0.0880. The highest BCUT2D eigenvalue weighted by molar-refractivity contribution is 6.04. The van der Waals surface area contributed by atoms with Crippen molar-refractivity contribution in [1.82, 2.24) is 14.4 Å². The number of hydrogen-bond acceptors (Lipinski definition) is 7. The van der Waals surface area contributed by atoms with Crippen LogP contribution in [0.2, 0.25) is 0 Å². The number of piperazine rings is 1. The van der Waals surface area contributed by atoms with Crippen molar-refractivity contribution in [2.24, 2.45) is 5.73 Å². The van der Waals surface area contributed by atoms with Crippen molar-refractivity contribution < 1.29 is 18.7 Å². The van der Waals surface area contributed by atoms with Crippen LogP contribution in [-0.4, -0.2) is 85.8 Å². The van der Waals surface area contributed by atoms with Crippen molar-refractivity contribution in [2.45, 2.75) is 0 Å². The molecule has 0 aliphatic carbocycles. The highest BCUT2D eigenvalue weighted by Gasteiger charge is 2.33. The minimum absolute atomic E-state index is 0.00341. The first kappa shape index (κ1) is 25.0. The number of aromatic nitrogens is 1. The van der Waals surface area contributed by atoms with E-state index in [0.717, 1.165) is 36.1 Å². The topological polar surface area (TPSA) is 93.3 Å². The smallest absolute Gasteiger partial charge is 0.259 e. The van der Waals surface area contributed by atoms with Gasteiger partial charge in [0, 0.05) is 63.9 Å². The summed E-state index contributed by atoms with van der Waals surface area (Å²) in [5, 5.41) is 2.01. The standard InChI is InChI=1S/C30H30FN5O4/c31-23-17-21-26-29(27(23)34-11-9-33(8-7-32)10-12-34)40-24-6-5-19-3-1-2-4-20(19)25(24)36(26)18-22(28(21)37)30(38)35-13-15-39-16-14-35/h1-6,17-18H,7-16,32H2. The summed E-state index contributed by atoms with van der Waals surface area (Å²) in [4.78, 5) is 33.3. The van der Waals surface area contributed by atoms with E-state index in [2.05, 4.69) is 4.90 Å². The first-order valence-electron chi connectivity index (χ1n) is 13.7.